The number of hydrogen-bond donors (Lipinski definition) is 4. The van der Waals surface area contributed by atoms with Gasteiger partial charge in [0.2, 0.25) is 17.7 Å². The quantitative estimate of drug-likeness (QED) is 0.424. The fourth-order valence-electron chi connectivity index (χ4n) is 3.51. The smallest absolute Gasteiger partial charge is 0.239 e. The monoisotopic (exact) mass is 439 g/mol. The van der Waals surface area contributed by atoms with Gasteiger partial charge in [-0.2, -0.15) is 0 Å². The summed E-state index contributed by atoms with van der Waals surface area (Å²) in [7, 11) is 0. The van der Waals surface area contributed by atoms with E-state index >= 15 is 0 Å². The van der Waals surface area contributed by atoms with Crippen LogP contribution in [0, 0.1) is 5.92 Å². The molecule has 0 unspecified atom stereocenters. The van der Waals surface area contributed by atoms with Gasteiger partial charge >= 0.3 is 0 Å². The fourth-order valence-corrected chi connectivity index (χ4v) is 3.51. The highest BCUT2D eigenvalue weighted by Crippen LogP contribution is 2.20. The van der Waals surface area contributed by atoms with Crippen molar-refractivity contribution in [3.05, 3.63) is 36.4 Å². The van der Waals surface area contributed by atoms with Crippen LogP contribution in [0.2, 0.25) is 0 Å². The Hall–Kier alpha value is -3.53. The molecule has 3 rings (SSSR count). The van der Waals surface area contributed by atoms with Crippen molar-refractivity contribution in [3.63, 3.8) is 0 Å². The van der Waals surface area contributed by atoms with Gasteiger partial charge in [-0.25, -0.2) is 9.97 Å². The summed E-state index contributed by atoms with van der Waals surface area (Å²) in [5, 5.41) is 8.71. The number of hydrogen-bond acceptors (Lipinski definition) is 7. The Kier molecular flexibility index (Phi) is 8.09. The molecule has 32 heavy (non-hydrogen) atoms. The SMILES string of the molecule is CC(=O)NCCNc1cc(NC(=O)CN2CCC(C(N)=O)CC2)nc(-c2ccccc2)n1. The lowest BCUT2D eigenvalue weighted by atomic mass is 9.96. The lowest BCUT2D eigenvalue weighted by molar-refractivity contribution is -0.123. The number of likely N-dealkylation sites (tertiary alicyclic amines) is 1. The lowest BCUT2D eigenvalue weighted by Gasteiger charge is -2.29. The highest BCUT2D eigenvalue weighted by atomic mass is 16.2. The van der Waals surface area contributed by atoms with E-state index in [4.69, 9.17) is 5.73 Å². The predicted molar refractivity (Wildman–Crippen MR) is 122 cm³/mol. The van der Waals surface area contributed by atoms with Crippen LogP contribution in [0.3, 0.4) is 0 Å². The van der Waals surface area contributed by atoms with Crippen molar-refractivity contribution in [1.82, 2.24) is 20.2 Å². The summed E-state index contributed by atoms with van der Waals surface area (Å²) in [6, 6.07) is 11.1. The number of anilines is 2. The molecule has 3 amide bonds. The number of nitrogens with one attached hydrogen (secondary N) is 3. The molecule has 10 heteroatoms. The molecule has 1 fully saturated rings. The van der Waals surface area contributed by atoms with E-state index in [-0.39, 0.29) is 30.2 Å². The second-order valence-electron chi connectivity index (χ2n) is 7.74. The number of rotatable bonds is 9. The van der Waals surface area contributed by atoms with Crippen molar-refractivity contribution in [2.45, 2.75) is 19.8 Å². The molecule has 1 saturated heterocycles. The second-order valence-corrected chi connectivity index (χ2v) is 7.74. The van der Waals surface area contributed by atoms with Crippen LogP contribution >= 0.6 is 0 Å². The third-order valence-corrected chi connectivity index (χ3v) is 5.19. The molecule has 0 spiro atoms. The summed E-state index contributed by atoms with van der Waals surface area (Å²) in [6.45, 7) is 3.89. The maximum atomic E-state index is 12.6. The van der Waals surface area contributed by atoms with E-state index in [1.807, 2.05) is 35.2 Å². The molecule has 1 aliphatic rings. The van der Waals surface area contributed by atoms with Gasteiger partial charge in [0.05, 0.1) is 6.54 Å². The Morgan fingerprint density at radius 1 is 1.06 bits per heavy atom. The minimum absolute atomic E-state index is 0.104. The molecule has 0 saturated carbocycles. The van der Waals surface area contributed by atoms with Crippen molar-refractivity contribution >= 4 is 29.4 Å². The molecule has 0 radical (unpaired) electrons. The van der Waals surface area contributed by atoms with E-state index in [9.17, 15) is 14.4 Å². The van der Waals surface area contributed by atoms with Gasteiger partial charge in [-0.3, -0.25) is 19.3 Å². The Morgan fingerprint density at radius 2 is 1.75 bits per heavy atom. The van der Waals surface area contributed by atoms with Gasteiger partial charge in [0, 0.05) is 37.6 Å². The first-order chi connectivity index (χ1) is 15.4. The molecule has 2 heterocycles. The van der Waals surface area contributed by atoms with Crippen LogP contribution < -0.4 is 21.7 Å². The van der Waals surface area contributed by atoms with Crippen LogP contribution in [0.25, 0.3) is 11.4 Å². The maximum Gasteiger partial charge on any atom is 0.239 e. The van der Waals surface area contributed by atoms with E-state index in [2.05, 4.69) is 25.9 Å². The molecule has 1 aliphatic heterocycles. The zero-order chi connectivity index (χ0) is 22.9. The van der Waals surface area contributed by atoms with E-state index < -0.39 is 0 Å². The largest absolute Gasteiger partial charge is 0.369 e. The highest BCUT2D eigenvalue weighted by Gasteiger charge is 2.24. The number of carbonyl (C=O) groups is 3. The Bertz CT molecular complexity index is 944. The van der Waals surface area contributed by atoms with Gasteiger partial charge in [0.15, 0.2) is 5.82 Å². The van der Waals surface area contributed by atoms with E-state index in [0.29, 0.717) is 56.5 Å². The molecule has 2 aromatic rings. The number of amides is 3. The average Bonchev–Trinajstić information content (AvgIpc) is 2.77. The number of benzene rings is 1. The summed E-state index contributed by atoms with van der Waals surface area (Å²) < 4.78 is 0. The zero-order valence-electron chi connectivity index (χ0n) is 18.1. The molecular formula is C22H29N7O3. The maximum absolute atomic E-state index is 12.6. The summed E-state index contributed by atoms with van der Waals surface area (Å²) in [4.78, 5) is 46.0. The van der Waals surface area contributed by atoms with Crippen LogP contribution in [-0.4, -0.2) is 65.3 Å². The topological polar surface area (TPSA) is 142 Å². The molecule has 5 N–H and O–H groups in total. The molecule has 0 aliphatic carbocycles. The molecule has 170 valence electrons. The first-order valence-electron chi connectivity index (χ1n) is 10.6. The first-order valence-corrected chi connectivity index (χ1v) is 10.6. The van der Waals surface area contributed by atoms with E-state index in [0.717, 1.165) is 5.56 Å². The molecule has 10 nitrogen and oxygen atoms in total. The zero-order valence-corrected chi connectivity index (χ0v) is 18.1. The third-order valence-electron chi connectivity index (χ3n) is 5.19. The summed E-state index contributed by atoms with van der Waals surface area (Å²) >= 11 is 0. The van der Waals surface area contributed by atoms with E-state index in [1.54, 1.807) is 6.07 Å². The van der Waals surface area contributed by atoms with Crippen molar-refractivity contribution in [1.29, 1.82) is 0 Å². The summed E-state index contributed by atoms with van der Waals surface area (Å²) in [5.41, 5.74) is 6.19. The highest BCUT2D eigenvalue weighted by molar-refractivity contribution is 5.92. The number of primary amides is 1. The standard InChI is InChI=1S/C22H29N7O3/c1-15(30)24-9-10-25-18-13-19(28-22(27-18)17-5-3-2-4-6-17)26-20(31)14-29-11-7-16(8-12-29)21(23)32/h2-6,13,16H,7-12,14H2,1H3,(H2,23,32)(H,24,30)(H2,25,26,27,28,31). The molecule has 0 bridgehead atoms. The number of piperidine rings is 1. The minimum Gasteiger partial charge on any atom is -0.369 e. The lowest BCUT2D eigenvalue weighted by Crippen LogP contribution is -2.42. The number of nitrogens with zero attached hydrogens (tertiary/aromatic N) is 3. The fraction of sp³-hybridized carbons (Fsp3) is 0.409. The summed E-state index contributed by atoms with van der Waals surface area (Å²) in [5.74, 6) is 0.724. The number of carbonyl (C=O) groups excluding carboxylic acids is 3. The van der Waals surface area contributed by atoms with Crippen molar-refractivity contribution in [2.75, 3.05) is 43.4 Å². The molecule has 1 aromatic heterocycles. The Morgan fingerprint density at radius 3 is 2.41 bits per heavy atom. The number of nitrogens with two attached hydrogens (primary N) is 1. The van der Waals surface area contributed by atoms with Crippen LogP contribution in [0.15, 0.2) is 36.4 Å². The van der Waals surface area contributed by atoms with Crippen LogP contribution in [-0.2, 0) is 14.4 Å². The van der Waals surface area contributed by atoms with Gasteiger partial charge in [-0.05, 0) is 25.9 Å². The Labute approximate surface area is 187 Å². The Balaban J connectivity index is 1.66. The molecular weight excluding hydrogens is 410 g/mol. The number of aromatic nitrogens is 2. The van der Waals surface area contributed by atoms with Crippen molar-refractivity contribution in [2.24, 2.45) is 11.7 Å². The summed E-state index contributed by atoms with van der Waals surface area (Å²) in [6.07, 6.45) is 1.33. The molecule has 1 aromatic carbocycles. The van der Waals surface area contributed by atoms with Gasteiger partial charge in [0.25, 0.3) is 0 Å². The van der Waals surface area contributed by atoms with Crippen molar-refractivity contribution in [3.8, 4) is 11.4 Å². The predicted octanol–water partition coefficient (Wildman–Crippen LogP) is 0.827. The van der Waals surface area contributed by atoms with Gasteiger partial charge in [-0.1, -0.05) is 30.3 Å². The average molecular weight is 440 g/mol. The first kappa shape index (κ1) is 23.1. The van der Waals surface area contributed by atoms with Gasteiger partial charge in [-0.15, -0.1) is 0 Å². The second kappa shape index (κ2) is 11.2. The van der Waals surface area contributed by atoms with Gasteiger partial charge < -0.3 is 21.7 Å². The minimum atomic E-state index is -0.276. The van der Waals surface area contributed by atoms with Crippen molar-refractivity contribution < 1.29 is 14.4 Å². The molecule has 0 atom stereocenters. The normalized spacial score (nSPS) is 14.5. The van der Waals surface area contributed by atoms with Crippen LogP contribution in [0.4, 0.5) is 11.6 Å². The van der Waals surface area contributed by atoms with Gasteiger partial charge in [0.1, 0.15) is 11.6 Å². The third kappa shape index (κ3) is 7.02. The van der Waals surface area contributed by atoms with Crippen LogP contribution in [0.5, 0.6) is 0 Å². The van der Waals surface area contributed by atoms with E-state index in [1.165, 1.54) is 6.92 Å². The van der Waals surface area contributed by atoms with Crippen LogP contribution in [0.1, 0.15) is 19.8 Å².